The Morgan fingerprint density at radius 3 is 1.93 bits per heavy atom. The molecule has 0 aliphatic carbocycles. The van der Waals surface area contributed by atoms with E-state index in [1.165, 1.54) is 50.1 Å². The maximum absolute atomic E-state index is 8.71. The zero-order valence-corrected chi connectivity index (χ0v) is 40.6. The highest BCUT2D eigenvalue weighted by Gasteiger charge is 2.68. The van der Waals surface area contributed by atoms with Crippen LogP contribution in [0.2, 0.25) is 0 Å². The summed E-state index contributed by atoms with van der Waals surface area (Å²) in [6.45, 7) is 17.4. The number of rotatable bonds is 6. The highest BCUT2D eigenvalue weighted by molar-refractivity contribution is 6.00. The van der Waals surface area contributed by atoms with Gasteiger partial charge in [0.15, 0.2) is 23.0 Å². The number of nitrogens with zero attached hydrogens (tertiary/aromatic N) is 3. The predicted molar refractivity (Wildman–Crippen MR) is 282 cm³/mol. The van der Waals surface area contributed by atoms with Crippen LogP contribution in [0.1, 0.15) is 75.3 Å². The second kappa shape index (κ2) is 14.8. The number of imidazole rings is 1. The molecule has 8 aromatic carbocycles. The van der Waals surface area contributed by atoms with E-state index in [0.29, 0.717) is 0 Å². The Morgan fingerprint density at radius 1 is 0.551 bits per heavy atom. The highest BCUT2D eigenvalue weighted by Crippen LogP contribution is 2.55. The van der Waals surface area contributed by atoms with Gasteiger partial charge in [-0.2, -0.15) is 4.57 Å². The standard InChI is InChI=1S/C65H55N3O/c1-39(2)43-22-24-45(25-23-43)48-30-31-66-58(37-48)55-36-49(44-16-11-9-12-17-44)35-54-51-20-15-21-57-61(51)68-63(56-33-40(3)32-42(5)62(56)69-65(66,68)60(54)55)67(57)59-38-52(46-18-13-10-14-19-46)41(4)34-53(59)47-26-28-50(29-27-47)64(6,7)8/h9-39H,1-8H3/q+2/i39D. The summed E-state index contributed by atoms with van der Waals surface area (Å²) >= 11 is 0. The minimum Gasteiger partial charge on any atom is -0.392 e. The Kier molecular flexibility index (Phi) is 8.66. The van der Waals surface area contributed by atoms with Crippen LogP contribution in [0.5, 0.6) is 5.75 Å². The van der Waals surface area contributed by atoms with Crippen LogP contribution in [0.4, 0.5) is 0 Å². The number of benzene rings is 8. The van der Waals surface area contributed by atoms with E-state index in [9.17, 15) is 0 Å². The van der Waals surface area contributed by atoms with Crippen molar-refractivity contribution in [1.29, 1.82) is 0 Å². The summed E-state index contributed by atoms with van der Waals surface area (Å²) in [6.07, 6.45) is 2.25. The van der Waals surface area contributed by atoms with E-state index in [-0.39, 0.29) is 5.41 Å². The monoisotopic (exact) mass is 894 g/mol. The van der Waals surface area contributed by atoms with Gasteiger partial charge in [0.2, 0.25) is 5.69 Å². The third-order valence-corrected chi connectivity index (χ3v) is 15.1. The van der Waals surface area contributed by atoms with Gasteiger partial charge in [0.05, 0.1) is 5.56 Å². The van der Waals surface area contributed by atoms with E-state index < -0.39 is 11.7 Å². The van der Waals surface area contributed by atoms with Gasteiger partial charge >= 0.3 is 11.7 Å². The highest BCUT2D eigenvalue weighted by atomic mass is 16.5. The summed E-state index contributed by atoms with van der Waals surface area (Å²) in [5.74, 6) is 0.154. The lowest BCUT2D eigenvalue weighted by Crippen LogP contribution is -2.78. The Bertz CT molecular complexity index is 3820. The number of aromatic nitrogens is 3. The van der Waals surface area contributed by atoms with Crippen LogP contribution < -0.4 is 13.9 Å². The lowest BCUT2D eigenvalue weighted by Gasteiger charge is -2.33. The SMILES string of the molecule is [2H]C(C)(C)c1ccc(-c2cc[n+]3c(c2)-c2cc(-c4ccccc4)cc4c2C32Oc3c(C)cc(C)cc3-c3n(-c5cc(-c6ccccc6)c(C)cc5-c5ccc(C(C)(C)C)cc5)c5cccc-4c5[n+]32)cc1. The van der Waals surface area contributed by atoms with Crippen molar-refractivity contribution in [3.05, 3.63) is 216 Å². The van der Waals surface area contributed by atoms with Gasteiger partial charge in [-0.15, -0.1) is 9.13 Å². The fraction of sp³-hybridized carbons (Fsp3) is 0.169. The van der Waals surface area contributed by atoms with Crippen molar-refractivity contribution in [3.8, 4) is 89.7 Å². The van der Waals surface area contributed by atoms with Crippen LogP contribution in [-0.4, -0.2) is 4.57 Å². The molecule has 1 atom stereocenters. The molecular weight excluding hydrogens is 839 g/mol. The summed E-state index contributed by atoms with van der Waals surface area (Å²) in [5, 5.41) is 0. The first-order chi connectivity index (χ1) is 33.7. The molecular formula is C65H55N3O+2. The topological polar surface area (TPSA) is 21.9 Å². The number of hydrogen-bond acceptors (Lipinski definition) is 1. The predicted octanol–water partition coefficient (Wildman–Crippen LogP) is 15.4. The summed E-state index contributed by atoms with van der Waals surface area (Å²) < 4.78 is 24.2. The third kappa shape index (κ3) is 6.01. The van der Waals surface area contributed by atoms with Gasteiger partial charge in [0.1, 0.15) is 16.8 Å². The van der Waals surface area contributed by atoms with Crippen LogP contribution in [0.15, 0.2) is 182 Å². The van der Waals surface area contributed by atoms with E-state index in [1.54, 1.807) is 0 Å². The van der Waals surface area contributed by atoms with E-state index >= 15 is 0 Å². The van der Waals surface area contributed by atoms with Crippen molar-refractivity contribution in [2.75, 3.05) is 0 Å². The number of pyridine rings is 1. The first-order valence-corrected chi connectivity index (χ1v) is 24.3. The molecule has 69 heavy (non-hydrogen) atoms. The lowest BCUT2D eigenvalue weighted by atomic mass is 9.85. The molecule has 4 nitrogen and oxygen atoms in total. The molecule has 0 saturated heterocycles. The molecule has 0 N–H and O–H groups in total. The molecule has 334 valence electrons. The van der Waals surface area contributed by atoms with Crippen molar-refractivity contribution < 1.29 is 15.2 Å². The molecule has 13 rings (SSSR count). The van der Waals surface area contributed by atoms with Crippen LogP contribution in [-0.2, 0) is 11.3 Å². The second-order valence-corrected chi connectivity index (χ2v) is 20.8. The second-order valence-electron chi connectivity index (χ2n) is 20.8. The molecule has 1 unspecified atom stereocenters. The lowest BCUT2D eigenvalue weighted by molar-refractivity contribution is -0.997. The maximum atomic E-state index is 8.71. The number of aryl methyl sites for hydroxylation is 3. The number of fused-ring (bicyclic) bond motifs is 5. The average Bonchev–Trinajstić information content (AvgIpc) is 3.85. The smallest absolute Gasteiger partial charge is 0.392 e. The fourth-order valence-electron chi connectivity index (χ4n) is 11.7. The van der Waals surface area contributed by atoms with Crippen molar-refractivity contribution in [2.24, 2.45) is 0 Å². The number of ether oxygens (including phenoxy) is 1. The van der Waals surface area contributed by atoms with E-state index in [0.717, 1.165) is 84.1 Å². The molecule has 0 bridgehead atoms. The van der Waals surface area contributed by atoms with Gasteiger partial charge < -0.3 is 4.74 Å². The molecule has 1 spiro atoms. The van der Waals surface area contributed by atoms with Crippen LogP contribution in [0.3, 0.4) is 0 Å². The van der Waals surface area contributed by atoms with Crippen molar-refractivity contribution >= 4 is 11.0 Å². The summed E-state index contributed by atoms with van der Waals surface area (Å²) in [4.78, 5) is 0. The summed E-state index contributed by atoms with van der Waals surface area (Å²) in [5.41, 5.74) is 25.2. The normalized spacial score (nSPS) is 15.3. The fourth-order valence-corrected chi connectivity index (χ4v) is 11.7. The molecule has 5 heterocycles. The Morgan fingerprint density at radius 2 is 1.22 bits per heavy atom. The zero-order valence-electron chi connectivity index (χ0n) is 41.6. The third-order valence-electron chi connectivity index (χ3n) is 15.1. The summed E-state index contributed by atoms with van der Waals surface area (Å²) in [6, 6.07) is 65.1. The van der Waals surface area contributed by atoms with E-state index in [2.05, 4.69) is 237 Å². The molecule has 3 aliphatic rings. The summed E-state index contributed by atoms with van der Waals surface area (Å²) in [7, 11) is 0. The first-order valence-electron chi connectivity index (χ1n) is 24.8. The van der Waals surface area contributed by atoms with Crippen LogP contribution in [0, 0.1) is 20.8 Å². The van der Waals surface area contributed by atoms with Crippen molar-refractivity contribution in [3.63, 3.8) is 0 Å². The maximum Gasteiger partial charge on any atom is 0.499 e. The van der Waals surface area contributed by atoms with Gasteiger partial charge in [-0.1, -0.05) is 156 Å². The van der Waals surface area contributed by atoms with Crippen molar-refractivity contribution in [1.82, 2.24) is 4.57 Å². The number of para-hydroxylation sites is 1. The Labute approximate surface area is 406 Å². The van der Waals surface area contributed by atoms with Crippen LogP contribution in [0.25, 0.3) is 95.0 Å². The minimum atomic E-state index is -1.12. The van der Waals surface area contributed by atoms with Gasteiger partial charge in [-0.05, 0) is 141 Å². The van der Waals surface area contributed by atoms with E-state index in [1.807, 2.05) is 13.8 Å². The van der Waals surface area contributed by atoms with Gasteiger partial charge in [-0.3, -0.25) is 0 Å². The quantitative estimate of drug-likeness (QED) is 0.152. The minimum absolute atomic E-state index is 0.0223. The molecule has 0 saturated carbocycles. The molecule has 4 heteroatoms. The van der Waals surface area contributed by atoms with Crippen LogP contribution >= 0.6 is 0 Å². The average molecular weight is 895 g/mol. The molecule has 3 aliphatic heterocycles. The van der Waals surface area contributed by atoms with Gasteiger partial charge in [0, 0.05) is 30.2 Å². The number of hydrogen-bond donors (Lipinski definition) is 0. The molecule has 0 amide bonds. The van der Waals surface area contributed by atoms with E-state index in [4.69, 9.17) is 6.11 Å². The first kappa shape index (κ1) is 40.3. The molecule has 0 fully saturated rings. The largest absolute Gasteiger partial charge is 0.499 e. The van der Waals surface area contributed by atoms with Gasteiger partial charge in [-0.25, -0.2) is 0 Å². The molecule has 2 aromatic heterocycles. The Hall–Kier alpha value is -7.82. The Balaban J connectivity index is 1.17. The molecule has 0 radical (unpaired) electrons. The zero-order chi connectivity index (χ0) is 48.0. The van der Waals surface area contributed by atoms with Gasteiger partial charge in [0.25, 0.3) is 0 Å². The van der Waals surface area contributed by atoms with Crippen molar-refractivity contribution in [2.45, 2.75) is 72.5 Å². The molecule has 10 aromatic rings.